The molecule has 0 heterocycles. The molecule has 0 nitrogen and oxygen atoms in total. The molecule has 0 N–H and O–H groups in total. The highest BCUT2D eigenvalue weighted by molar-refractivity contribution is 6.13. The Morgan fingerprint density at radius 2 is 1.02 bits per heavy atom. The molecule has 5 aromatic carbocycles. The Morgan fingerprint density at radius 3 is 1.55 bits per heavy atom. The van der Waals surface area contributed by atoms with Crippen molar-refractivity contribution in [1.29, 1.82) is 0 Å². The van der Waals surface area contributed by atoms with Crippen molar-refractivity contribution in [2.45, 2.75) is 45.0 Å². The van der Waals surface area contributed by atoms with Crippen molar-refractivity contribution < 1.29 is 48.3 Å². The first-order valence-electron chi connectivity index (χ1n) is 13.4. The van der Waals surface area contributed by atoms with Crippen molar-refractivity contribution in [3.63, 3.8) is 0 Å². The lowest BCUT2D eigenvalue weighted by Crippen LogP contribution is -2.10. The topological polar surface area (TPSA) is 0 Å². The Balaban J connectivity index is 1.79. The van der Waals surface area contributed by atoms with Gasteiger partial charge in [0.1, 0.15) is 0 Å². The van der Waals surface area contributed by atoms with Crippen LogP contribution >= 0.6 is 0 Å². The van der Waals surface area contributed by atoms with Crippen molar-refractivity contribution in [1.82, 2.24) is 0 Å². The number of fused-ring (bicyclic) bond motifs is 3. The van der Waals surface area contributed by atoms with Crippen LogP contribution in [0.25, 0.3) is 43.8 Å². The van der Waals surface area contributed by atoms with E-state index >= 15 is 4.39 Å². The van der Waals surface area contributed by atoms with E-state index in [1.54, 1.807) is 0 Å². The van der Waals surface area contributed by atoms with Crippen molar-refractivity contribution in [2.75, 3.05) is 0 Å². The molecule has 5 aromatic rings. The maximum Gasteiger partial charge on any atom is 0.417 e. The maximum atomic E-state index is 15.2. The monoisotopic (exact) mass is 626 g/mol. The standard InChI is InChI=1S/C33H21F11/c1-2-3-4-5-16-8-9-22(30(37)29(16)36)21-11-18-7-6-17-10-19(20-14-25(34)31(38)26(35)15-20)12-23(32(39,40)41)27(17)28(18)24(13-21)33(42,43)44/h6-15H,2-5H2,1H3. The molecule has 0 fully saturated rings. The van der Waals surface area contributed by atoms with Gasteiger partial charge in [0.25, 0.3) is 0 Å². The largest absolute Gasteiger partial charge is 0.417 e. The molecule has 0 aliphatic rings. The molecule has 0 radical (unpaired) electrons. The minimum Gasteiger partial charge on any atom is -0.204 e. The Morgan fingerprint density at radius 1 is 0.523 bits per heavy atom. The van der Waals surface area contributed by atoms with Crippen LogP contribution in [0.4, 0.5) is 48.3 Å². The van der Waals surface area contributed by atoms with Gasteiger partial charge in [0.05, 0.1) is 11.1 Å². The number of aryl methyl sites for hydroxylation is 1. The van der Waals surface area contributed by atoms with E-state index in [1.165, 1.54) is 6.07 Å². The molecule has 0 aliphatic carbocycles. The lowest BCUT2D eigenvalue weighted by molar-refractivity contribution is -0.138. The van der Waals surface area contributed by atoms with Gasteiger partial charge in [-0.2, -0.15) is 26.3 Å². The van der Waals surface area contributed by atoms with Crippen LogP contribution in [0.2, 0.25) is 0 Å². The number of alkyl halides is 6. The van der Waals surface area contributed by atoms with Gasteiger partial charge in [-0.15, -0.1) is 0 Å². The van der Waals surface area contributed by atoms with Gasteiger partial charge in [-0.3, -0.25) is 0 Å². The second-order valence-electron chi connectivity index (χ2n) is 10.4. The molecule has 0 saturated carbocycles. The molecule has 0 spiro atoms. The van der Waals surface area contributed by atoms with E-state index in [1.807, 2.05) is 6.92 Å². The van der Waals surface area contributed by atoms with Crippen LogP contribution in [-0.2, 0) is 18.8 Å². The minimum absolute atomic E-state index is 0.0501. The molecule has 0 aliphatic heterocycles. The smallest absolute Gasteiger partial charge is 0.204 e. The molecule has 11 heteroatoms. The van der Waals surface area contributed by atoms with E-state index in [0.717, 1.165) is 43.2 Å². The quantitative estimate of drug-likeness (QED) is 0.0762. The van der Waals surface area contributed by atoms with Gasteiger partial charge in [-0.1, -0.05) is 44.0 Å². The summed E-state index contributed by atoms with van der Waals surface area (Å²) < 4.78 is 158. The molecule has 0 bridgehead atoms. The Labute approximate surface area is 243 Å². The number of halogens is 11. The lowest BCUT2D eigenvalue weighted by atomic mass is 9.88. The highest BCUT2D eigenvalue weighted by atomic mass is 19.4. The molecule has 44 heavy (non-hydrogen) atoms. The lowest BCUT2D eigenvalue weighted by Gasteiger charge is -2.20. The van der Waals surface area contributed by atoms with E-state index in [2.05, 4.69) is 0 Å². The predicted molar refractivity (Wildman–Crippen MR) is 145 cm³/mol. The number of unbranched alkanes of at least 4 members (excludes halogenated alkanes) is 2. The van der Waals surface area contributed by atoms with E-state index in [4.69, 9.17) is 0 Å². The third-order valence-electron chi connectivity index (χ3n) is 7.48. The van der Waals surface area contributed by atoms with E-state index in [0.29, 0.717) is 30.7 Å². The van der Waals surface area contributed by atoms with E-state index in [9.17, 15) is 43.9 Å². The van der Waals surface area contributed by atoms with Crippen LogP contribution in [0, 0.1) is 29.1 Å². The zero-order valence-corrected chi connectivity index (χ0v) is 22.8. The SMILES string of the molecule is CCCCCc1ccc(-c2cc(C(F)(F)F)c3c(ccc4cc(-c5cc(F)c(F)c(F)c5)cc(C(F)(F)F)c43)c2)c(F)c1F. The molecule has 0 unspecified atom stereocenters. The summed E-state index contributed by atoms with van der Waals surface area (Å²) in [6.45, 7) is 1.92. The minimum atomic E-state index is -5.25. The molecule has 0 saturated heterocycles. The van der Waals surface area contributed by atoms with Crippen LogP contribution in [0.1, 0.15) is 42.9 Å². The first kappa shape index (κ1) is 31.3. The second kappa shape index (κ2) is 11.4. The first-order chi connectivity index (χ1) is 20.6. The van der Waals surface area contributed by atoms with Gasteiger partial charge >= 0.3 is 12.4 Å². The van der Waals surface area contributed by atoms with E-state index < -0.39 is 85.6 Å². The summed E-state index contributed by atoms with van der Waals surface area (Å²) in [4.78, 5) is 0. The fourth-order valence-corrected chi connectivity index (χ4v) is 5.39. The number of hydrogen-bond acceptors (Lipinski definition) is 0. The maximum absolute atomic E-state index is 15.2. The zero-order valence-electron chi connectivity index (χ0n) is 22.8. The van der Waals surface area contributed by atoms with Gasteiger partial charge in [0, 0.05) is 16.3 Å². The van der Waals surface area contributed by atoms with Crippen molar-refractivity contribution in [2.24, 2.45) is 0 Å². The zero-order chi connectivity index (χ0) is 32.1. The van der Waals surface area contributed by atoms with Crippen LogP contribution < -0.4 is 0 Å². The number of rotatable bonds is 6. The summed E-state index contributed by atoms with van der Waals surface area (Å²) in [6.07, 6.45) is -8.10. The van der Waals surface area contributed by atoms with Gasteiger partial charge in [-0.25, -0.2) is 22.0 Å². The van der Waals surface area contributed by atoms with Crippen LogP contribution in [0.3, 0.4) is 0 Å². The molecule has 5 rings (SSSR count). The van der Waals surface area contributed by atoms with E-state index in [-0.39, 0.29) is 22.8 Å². The average molecular weight is 627 g/mol. The fraction of sp³-hybridized carbons (Fsp3) is 0.212. The summed E-state index contributed by atoms with van der Waals surface area (Å²) in [6, 6.07) is 8.43. The first-order valence-corrected chi connectivity index (χ1v) is 13.4. The van der Waals surface area contributed by atoms with Gasteiger partial charge in [-0.05, 0) is 82.3 Å². The highest BCUT2D eigenvalue weighted by Gasteiger charge is 2.38. The summed E-state index contributed by atoms with van der Waals surface area (Å²) in [5, 5.41) is -2.42. The fourth-order valence-electron chi connectivity index (χ4n) is 5.39. The van der Waals surface area contributed by atoms with Crippen molar-refractivity contribution in [3.8, 4) is 22.3 Å². The third kappa shape index (κ3) is 5.71. The second-order valence-corrected chi connectivity index (χ2v) is 10.4. The molecular weight excluding hydrogens is 605 g/mol. The predicted octanol–water partition coefficient (Wildman–Crippen LogP) is 11.8. The summed E-state index contributed by atoms with van der Waals surface area (Å²) >= 11 is 0. The summed E-state index contributed by atoms with van der Waals surface area (Å²) in [5.74, 6) is -7.78. The van der Waals surface area contributed by atoms with Crippen molar-refractivity contribution in [3.05, 3.63) is 106 Å². The number of benzene rings is 5. The van der Waals surface area contributed by atoms with Gasteiger partial charge in [0.2, 0.25) is 0 Å². The molecule has 0 amide bonds. The Kier molecular flexibility index (Phi) is 8.11. The Bertz CT molecular complexity index is 1880. The summed E-state index contributed by atoms with van der Waals surface area (Å²) in [5.41, 5.74) is -4.83. The van der Waals surface area contributed by atoms with Crippen molar-refractivity contribution >= 4 is 21.5 Å². The molecular formula is C33H21F11. The van der Waals surface area contributed by atoms with Gasteiger partial charge < -0.3 is 0 Å². The molecule has 0 atom stereocenters. The summed E-state index contributed by atoms with van der Waals surface area (Å²) in [7, 11) is 0. The van der Waals surface area contributed by atoms with Crippen LogP contribution in [0.15, 0.2) is 60.7 Å². The highest BCUT2D eigenvalue weighted by Crippen LogP contribution is 2.46. The third-order valence-corrected chi connectivity index (χ3v) is 7.48. The average Bonchev–Trinajstić information content (AvgIpc) is 2.95. The molecule has 0 aromatic heterocycles. The Hall–Kier alpha value is -4.15. The van der Waals surface area contributed by atoms with Gasteiger partial charge in [0.15, 0.2) is 29.1 Å². The van der Waals surface area contributed by atoms with Crippen LogP contribution in [0.5, 0.6) is 0 Å². The number of hydrogen-bond donors (Lipinski definition) is 0. The molecule has 230 valence electrons. The normalized spacial score (nSPS) is 12.5. The van der Waals surface area contributed by atoms with Crippen LogP contribution in [-0.4, -0.2) is 0 Å².